The van der Waals surface area contributed by atoms with E-state index in [0.29, 0.717) is 42.7 Å². The van der Waals surface area contributed by atoms with E-state index in [1.165, 1.54) is 6.07 Å². The van der Waals surface area contributed by atoms with E-state index < -0.39 is 10.0 Å². The van der Waals surface area contributed by atoms with Crippen molar-refractivity contribution in [3.05, 3.63) is 48.0 Å². The monoisotopic (exact) mass is 443 g/mol. The van der Waals surface area contributed by atoms with Crippen LogP contribution in [0.1, 0.15) is 38.3 Å². The van der Waals surface area contributed by atoms with Gasteiger partial charge in [0.25, 0.3) is 10.0 Å². The molecule has 2 atom stereocenters. The number of nitrogens with zero attached hydrogens (tertiary/aromatic N) is 1. The van der Waals surface area contributed by atoms with Crippen molar-refractivity contribution in [1.29, 1.82) is 0 Å². The smallest absolute Gasteiger partial charge is 0.286 e. The molecule has 0 fully saturated rings. The number of sulfonamides is 1. The summed E-state index contributed by atoms with van der Waals surface area (Å²) < 4.78 is 39.7. The van der Waals surface area contributed by atoms with E-state index in [0.717, 1.165) is 5.56 Å². The average Bonchev–Trinajstić information content (AvgIpc) is 2.72. The summed E-state index contributed by atoms with van der Waals surface area (Å²) in [5.41, 5.74) is 1.43. The minimum absolute atomic E-state index is 0.0980. The van der Waals surface area contributed by atoms with Crippen molar-refractivity contribution in [2.24, 2.45) is 10.3 Å². The van der Waals surface area contributed by atoms with Crippen molar-refractivity contribution < 1.29 is 22.7 Å². The molecule has 2 N–H and O–H groups in total. The Bertz CT molecular complexity index is 1130. The molecule has 0 spiro atoms. The second-order valence-corrected chi connectivity index (χ2v) is 9.41. The summed E-state index contributed by atoms with van der Waals surface area (Å²) in [6.45, 7) is 4.84. The fourth-order valence-corrected chi connectivity index (χ4v) is 4.84. The highest BCUT2D eigenvalue weighted by Crippen LogP contribution is 2.33. The van der Waals surface area contributed by atoms with Crippen molar-refractivity contribution in [2.45, 2.75) is 37.6 Å². The summed E-state index contributed by atoms with van der Waals surface area (Å²) >= 11 is 0. The van der Waals surface area contributed by atoms with Crippen LogP contribution in [0.4, 0.5) is 5.69 Å². The molecule has 0 radical (unpaired) electrons. The minimum atomic E-state index is -3.73. The molecule has 0 saturated heterocycles. The van der Waals surface area contributed by atoms with Gasteiger partial charge in [0.1, 0.15) is 23.9 Å². The number of benzene rings is 2. The molecule has 0 unspecified atom stereocenters. The number of carbonyl (C=O) groups is 1. The van der Waals surface area contributed by atoms with E-state index in [1.54, 1.807) is 18.2 Å². The lowest BCUT2D eigenvalue weighted by Crippen LogP contribution is -2.29. The number of ether oxygens (including phenoxy) is 2. The van der Waals surface area contributed by atoms with Gasteiger partial charge in [0.2, 0.25) is 5.91 Å². The van der Waals surface area contributed by atoms with Crippen LogP contribution in [0.25, 0.3) is 0 Å². The van der Waals surface area contributed by atoms with Gasteiger partial charge < -0.3 is 20.1 Å². The third-order valence-corrected chi connectivity index (χ3v) is 6.57. The molecule has 0 saturated carbocycles. The number of carbonyl (C=O) groups excluding carboxylic acids is 1. The summed E-state index contributed by atoms with van der Waals surface area (Å²) in [5, 5.41) is 6.05. The van der Waals surface area contributed by atoms with Crippen LogP contribution < -0.4 is 20.1 Å². The molecule has 2 aliphatic rings. The van der Waals surface area contributed by atoms with Gasteiger partial charge in [-0.25, -0.2) is 0 Å². The molecular formula is C22H25N3O5S. The molecule has 2 aliphatic heterocycles. The number of amides is 1. The van der Waals surface area contributed by atoms with E-state index >= 15 is 0 Å². The van der Waals surface area contributed by atoms with E-state index in [1.807, 2.05) is 32.0 Å². The number of nitrogens with one attached hydrogen (secondary N) is 2. The van der Waals surface area contributed by atoms with Gasteiger partial charge >= 0.3 is 0 Å². The normalized spacial score (nSPS) is 18.1. The van der Waals surface area contributed by atoms with Gasteiger partial charge in [0, 0.05) is 12.8 Å². The third-order valence-electron chi connectivity index (χ3n) is 5.19. The van der Waals surface area contributed by atoms with Gasteiger partial charge in [-0.1, -0.05) is 25.1 Å². The largest absolute Gasteiger partial charge is 0.486 e. The molecule has 8 nitrogen and oxygen atoms in total. The van der Waals surface area contributed by atoms with Gasteiger partial charge in [-0.05, 0) is 42.7 Å². The fraction of sp³-hybridized carbons (Fsp3) is 0.364. The lowest BCUT2D eigenvalue weighted by atomic mass is 10.0. The predicted octanol–water partition coefficient (Wildman–Crippen LogP) is 3.26. The van der Waals surface area contributed by atoms with E-state index in [2.05, 4.69) is 15.0 Å². The molecule has 2 aromatic carbocycles. The Morgan fingerprint density at radius 2 is 1.87 bits per heavy atom. The Morgan fingerprint density at radius 3 is 2.68 bits per heavy atom. The lowest BCUT2D eigenvalue weighted by Gasteiger charge is -2.22. The van der Waals surface area contributed by atoms with E-state index in [4.69, 9.17) is 9.47 Å². The Hall–Kier alpha value is -3.07. The summed E-state index contributed by atoms with van der Waals surface area (Å²) in [4.78, 5) is 12.7. The number of para-hydroxylation sites is 1. The molecule has 9 heteroatoms. The first-order valence-electron chi connectivity index (χ1n) is 10.2. The molecule has 31 heavy (non-hydrogen) atoms. The number of hydrogen-bond donors (Lipinski definition) is 2. The maximum Gasteiger partial charge on any atom is 0.286 e. The summed E-state index contributed by atoms with van der Waals surface area (Å²) in [7, 11) is -3.73. The summed E-state index contributed by atoms with van der Waals surface area (Å²) in [6.07, 6.45) is 0.594. The quantitative estimate of drug-likeness (QED) is 0.710. The van der Waals surface area contributed by atoms with Crippen molar-refractivity contribution in [3.63, 3.8) is 0 Å². The second-order valence-electron chi connectivity index (χ2n) is 7.84. The Labute approximate surface area is 181 Å². The van der Waals surface area contributed by atoms with Gasteiger partial charge in [-0.3, -0.25) is 4.79 Å². The zero-order chi connectivity index (χ0) is 22.0. The van der Waals surface area contributed by atoms with E-state index in [9.17, 15) is 13.2 Å². The molecule has 0 aliphatic carbocycles. The zero-order valence-electron chi connectivity index (χ0n) is 17.4. The molecule has 2 heterocycles. The fourth-order valence-electron chi connectivity index (χ4n) is 3.69. The number of rotatable bonds is 6. The Balaban J connectivity index is 1.34. The number of fused-ring (bicyclic) bond motifs is 2. The van der Waals surface area contributed by atoms with Crippen LogP contribution in [-0.4, -0.2) is 33.4 Å². The highest BCUT2D eigenvalue weighted by Gasteiger charge is 2.25. The number of amidine groups is 1. The zero-order valence-corrected chi connectivity index (χ0v) is 18.2. The second kappa shape index (κ2) is 8.58. The number of hydrogen-bond acceptors (Lipinski definition) is 6. The van der Waals surface area contributed by atoms with Crippen LogP contribution in [0.3, 0.4) is 0 Å². The molecule has 0 bridgehead atoms. The molecule has 2 aromatic rings. The minimum Gasteiger partial charge on any atom is -0.486 e. The molecule has 4 rings (SSSR count). The lowest BCUT2D eigenvalue weighted by molar-refractivity contribution is -0.122. The van der Waals surface area contributed by atoms with Gasteiger partial charge in [0.05, 0.1) is 11.7 Å². The first-order valence-corrected chi connectivity index (χ1v) is 11.6. The van der Waals surface area contributed by atoms with Gasteiger partial charge in [-0.2, -0.15) is 8.42 Å². The van der Waals surface area contributed by atoms with E-state index in [-0.39, 0.29) is 29.2 Å². The third kappa shape index (κ3) is 4.82. The van der Waals surface area contributed by atoms with Gasteiger partial charge in [-0.15, -0.1) is 4.40 Å². The SMILES string of the molecule is C[C@H](CC(=O)N[C@H](C)c1ccc2c(c1)OCCO2)CC1=NS(=O)(=O)c2ccccc2N1. The average molecular weight is 444 g/mol. The summed E-state index contributed by atoms with van der Waals surface area (Å²) in [6, 6.07) is 12.1. The molecular weight excluding hydrogens is 418 g/mol. The predicted molar refractivity (Wildman–Crippen MR) is 117 cm³/mol. The van der Waals surface area contributed by atoms with Crippen molar-refractivity contribution in [1.82, 2.24) is 5.32 Å². The van der Waals surface area contributed by atoms with Crippen LogP contribution in [0, 0.1) is 5.92 Å². The molecule has 1 amide bonds. The van der Waals surface area contributed by atoms with Crippen molar-refractivity contribution >= 4 is 27.5 Å². The standard InChI is InChI=1S/C22H25N3O5S/c1-14(11-21-24-17-5-3-4-6-20(17)31(27,28)25-21)12-22(26)23-15(2)16-7-8-18-19(13-16)30-10-9-29-18/h3-8,13-15H,9-12H2,1-2H3,(H,23,26)(H,24,25)/t14-,15+/m0/s1. The van der Waals surface area contributed by atoms with Gasteiger partial charge in [0.15, 0.2) is 11.5 Å². The topological polar surface area (TPSA) is 106 Å². The van der Waals surface area contributed by atoms with Crippen LogP contribution in [-0.2, 0) is 14.8 Å². The first kappa shape index (κ1) is 21.2. The first-order chi connectivity index (χ1) is 14.8. The Kier molecular flexibility index (Phi) is 5.86. The summed E-state index contributed by atoms with van der Waals surface area (Å²) in [5.74, 6) is 1.52. The maximum absolute atomic E-state index is 12.5. The highest BCUT2D eigenvalue weighted by molar-refractivity contribution is 7.90. The van der Waals surface area contributed by atoms with Crippen molar-refractivity contribution in [3.8, 4) is 11.5 Å². The molecule has 0 aromatic heterocycles. The van der Waals surface area contributed by atoms with Crippen LogP contribution in [0.5, 0.6) is 11.5 Å². The van der Waals surface area contributed by atoms with Crippen LogP contribution in [0.15, 0.2) is 51.8 Å². The molecule has 164 valence electrons. The highest BCUT2D eigenvalue weighted by atomic mass is 32.2. The number of anilines is 1. The van der Waals surface area contributed by atoms with Crippen LogP contribution >= 0.6 is 0 Å². The Morgan fingerprint density at radius 1 is 1.13 bits per heavy atom. The maximum atomic E-state index is 12.5. The van der Waals surface area contributed by atoms with Crippen molar-refractivity contribution in [2.75, 3.05) is 18.5 Å². The van der Waals surface area contributed by atoms with Crippen LogP contribution in [0.2, 0.25) is 0 Å².